The van der Waals surface area contributed by atoms with Gasteiger partial charge in [-0.2, -0.15) is 0 Å². The van der Waals surface area contributed by atoms with Gasteiger partial charge in [0.05, 0.1) is 34.9 Å². The predicted octanol–water partition coefficient (Wildman–Crippen LogP) is 16.6. The van der Waals surface area contributed by atoms with Crippen molar-refractivity contribution < 1.29 is 9.53 Å². The average molecular weight is 796 g/mol. The fraction of sp³-hybridized carbons (Fsp3) is 0.698. The number of hydrogen-bond donors (Lipinski definition) is 0. The molecule has 5 heteroatoms. The summed E-state index contributed by atoms with van der Waals surface area (Å²) in [6.07, 6.45) is 48.4. The predicted molar refractivity (Wildman–Crippen MR) is 249 cm³/mol. The van der Waals surface area contributed by atoms with E-state index in [4.69, 9.17) is 14.7 Å². The maximum atomic E-state index is 12.6. The number of unbranched alkanes of at least 4 members (excludes halogenated alkanes) is 29. The number of rotatable bonds is 37. The molecule has 3 heterocycles. The van der Waals surface area contributed by atoms with E-state index in [9.17, 15) is 4.79 Å². The number of pyridine rings is 3. The van der Waals surface area contributed by atoms with Crippen molar-refractivity contribution >= 4 is 5.97 Å². The SMILES string of the molecule is CCCCCCCCCCCCCCCCCCCc1ccnc(-c2cc(CCCCCCCCCCCCCCCC)cc(-c3cc(C(=O)OCC)ccn3)n2)c1. The highest BCUT2D eigenvalue weighted by Crippen LogP contribution is 2.26. The maximum Gasteiger partial charge on any atom is 0.338 e. The fourth-order valence-corrected chi connectivity index (χ4v) is 8.25. The van der Waals surface area contributed by atoms with Crippen molar-refractivity contribution in [2.24, 2.45) is 0 Å². The van der Waals surface area contributed by atoms with Gasteiger partial charge >= 0.3 is 5.97 Å². The topological polar surface area (TPSA) is 65.0 Å². The van der Waals surface area contributed by atoms with Gasteiger partial charge in [0.15, 0.2) is 0 Å². The number of aromatic nitrogens is 3. The molecule has 0 bridgehead atoms. The molecule has 3 aromatic rings. The highest BCUT2D eigenvalue weighted by Gasteiger charge is 2.13. The third kappa shape index (κ3) is 22.9. The molecule has 0 atom stereocenters. The van der Waals surface area contributed by atoms with Crippen LogP contribution in [0.15, 0.2) is 48.8 Å². The molecule has 0 aromatic carbocycles. The van der Waals surface area contributed by atoms with Crippen molar-refractivity contribution in [1.29, 1.82) is 0 Å². The van der Waals surface area contributed by atoms with Crippen LogP contribution >= 0.6 is 0 Å². The monoisotopic (exact) mass is 796 g/mol. The molecule has 0 saturated carbocycles. The van der Waals surface area contributed by atoms with Gasteiger partial charge in [-0.3, -0.25) is 9.97 Å². The number of carbonyl (C=O) groups excluding carboxylic acids is 1. The minimum atomic E-state index is -0.330. The Balaban J connectivity index is 1.44. The van der Waals surface area contributed by atoms with Gasteiger partial charge in [-0.25, -0.2) is 9.78 Å². The van der Waals surface area contributed by atoms with Gasteiger partial charge in [0.25, 0.3) is 0 Å². The van der Waals surface area contributed by atoms with Crippen molar-refractivity contribution in [3.05, 3.63) is 65.5 Å². The van der Waals surface area contributed by atoms with E-state index in [0.717, 1.165) is 36.3 Å². The zero-order valence-corrected chi connectivity index (χ0v) is 37.8. The molecule has 0 aliphatic carbocycles. The Morgan fingerprint density at radius 1 is 0.414 bits per heavy atom. The van der Waals surface area contributed by atoms with Gasteiger partial charge in [0.2, 0.25) is 0 Å². The Morgan fingerprint density at radius 3 is 1.17 bits per heavy atom. The molecule has 3 aromatic heterocycles. The van der Waals surface area contributed by atoms with Crippen molar-refractivity contribution in [3.8, 4) is 22.8 Å². The lowest BCUT2D eigenvalue weighted by atomic mass is 10.0. The smallest absolute Gasteiger partial charge is 0.338 e. The van der Waals surface area contributed by atoms with E-state index < -0.39 is 0 Å². The summed E-state index contributed by atoms with van der Waals surface area (Å²) in [6.45, 7) is 6.76. The summed E-state index contributed by atoms with van der Waals surface area (Å²) < 4.78 is 5.28. The first-order valence-electron chi connectivity index (χ1n) is 24.7. The molecular formula is C53H85N3O2. The normalized spacial score (nSPS) is 11.4. The summed E-state index contributed by atoms with van der Waals surface area (Å²) in [5.74, 6) is -0.330. The van der Waals surface area contributed by atoms with Gasteiger partial charge in [-0.15, -0.1) is 0 Å². The van der Waals surface area contributed by atoms with Gasteiger partial charge in [-0.1, -0.05) is 200 Å². The van der Waals surface area contributed by atoms with Crippen LogP contribution in [0, 0.1) is 0 Å². The quantitative estimate of drug-likeness (QED) is 0.0429. The molecule has 0 radical (unpaired) electrons. The Hall–Kier alpha value is -3.08. The standard InChI is InChI=1S/C53H85N3O2/c1-4-7-9-11-13-15-17-19-21-22-23-25-26-28-30-32-34-36-46-38-40-54-49(42-46)51-43-47(37-35-33-31-29-27-24-20-18-16-14-12-10-8-5-2)44-52(56-51)50-45-48(39-41-55-50)53(57)58-6-3/h38-45H,4-37H2,1-3H3. The van der Waals surface area contributed by atoms with Crippen LogP contribution in [0.5, 0.6) is 0 Å². The summed E-state index contributed by atoms with van der Waals surface area (Å²) in [6, 6.07) is 12.3. The summed E-state index contributed by atoms with van der Waals surface area (Å²) in [5.41, 5.74) is 6.35. The molecule has 3 rings (SSSR count). The third-order valence-corrected chi connectivity index (χ3v) is 11.9. The highest BCUT2D eigenvalue weighted by molar-refractivity contribution is 5.90. The summed E-state index contributed by atoms with van der Waals surface area (Å²) in [4.78, 5) is 27.1. The van der Waals surface area contributed by atoms with Crippen LogP contribution in [0.25, 0.3) is 22.8 Å². The molecule has 0 aliphatic heterocycles. The number of esters is 1. The fourth-order valence-electron chi connectivity index (χ4n) is 8.25. The Morgan fingerprint density at radius 2 is 0.759 bits per heavy atom. The second kappa shape index (κ2) is 33.7. The van der Waals surface area contributed by atoms with Gasteiger partial charge in [0.1, 0.15) is 0 Å². The molecule has 5 nitrogen and oxygen atoms in total. The van der Waals surface area contributed by atoms with Crippen LogP contribution in [0.1, 0.15) is 241 Å². The molecule has 0 N–H and O–H groups in total. The van der Waals surface area contributed by atoms with E-state index >= 15 is 0 Å². The number of nitrogens with zero attached hydrogens (tertiary/aromatic N) is 3. The molecule has 0 aliphatic rings. The highest BCUT2D eigenvalue weighted by atomic mass is 16.5. The maximum absolute atomic E-state index is 12.6. The van der Waals surface area contributed by atoms with E-state index in [1.807, 2.05) is 19.2 Å². The van der Waals surface area contributed by atoms with Crippen LogP contribution in [-0.4, -0.2) is 27.5 Å². The lowest BCUT2D eigenvalue weighted by Gasteiger charge is -2.11. The first-order chi connectivity index (χ1) is 28.6. The molecule has 324 valence electrons. The lowest BCUT2D eigenvalue weighted by Crippen LogP contribution is -2.05. The van der Waals surface area contributed by atoms with Crippen LogP contribution in [0.3, 0.4) is 0 Å². The molecular weight excluding hydrogens is 711 g/mol. The van der Waals surface area contributed by atoms with Crippen molar-refractivity contribution in [1.82, 2.24) is 15.0 Å². The second-order valence-electron chi connectivity index (χ2n) is 17.2. The third-order valence-electron chi connectivity index (χ3n) is 11.9. The Kier molecular flexibility index (Phi) is 28.7. The summed E-state index contributed by atoms with van der Waals surface area (Å²) >= 11 is 0. The van der Waals surface area contributed by atoms with E-state index in [1.54, 1.807) is 12.3 Å². The van der Waals surface area contributed by atoms with Gasteiger partial charge in [-0.05, 0) is 80.1 Å². The largest absolute Gasteiger partial charge is 0.462 e. The van der Waals surface area contributed by atoms with E-state index in [2.05, 4.69) is 43.1 Å². The summed E-state index contributed by atoms with van der Waals surface area (Å²) in [5, 5.41) is 0. The number of ether oxygens (including phenoxy) is 1. The van der Waals surface area contributed by atoms with Crippen molar-refractivity contribution in [2.75, 3.05) is 6.61 Å². The zero-order chi connectivity index (χ0) is 41.1. The number of aryl methyl sites for hydroxylation is 2. The molecule has 58 heavy (non-hydrogen) atoms. The number of hydrogen-bond acceptors (Lipinski definition) is 5. The van der Waals surface area contributed by atoms with Crippen LogP contribution < -0.4 is 0 Å². The van der Waals surface area contributed by atoms with Crippen molar-refractivity contribution in [2.45, 2.75) is 233 Å². The average Bonchev–Trinajstić information content (AvgIpc) is 3.25. The minimum Gasteiger partial charge on any atom is -0.462 e. The van der Waals surface area contributed by atoms with E-state index in [1.165, 1.54) is 204 Å². The van der Waals surface area contributed by atoms with E-state index in [0.29, 0.717) is 17.9 Å². The molecule has 0 saturated heterocycles. The minimum absolute atomic E-state index is 0.330. The Bertz CT molecular complexity index is 1450. The summed E-state index contributed by atoms with van der Waals surface area (Å²) in [7, 11) is 0. The van der Waals surface area contributed by atoms with Crippen molar-refractivity contribution in [3.63, 3.8) is 0 Å². The van der Waals surface area contributed by atoms with Crippen LogP contribution in [0.2, 0.25) is 0 Å². The first kappa shape index (κ1) is 49.3. The lowest BCUT2D eigenvalue weighted by molar-refractivity contribution is 0.0526. The van der Waals surface area contributed by atoms with Crippen LogP contribution in [0.4, 0.5) is 0 Å². The number of carbonyl (C=O) groups is 1. The first-order valence-corrected chi connectivity index (χ1v) is 24.7. The molecule has 0 spiro atoms. The van der Waals surface area contributed by atoms with Crippen LogP contribution in [-0.2, 0) is 17.6 Å². The van der Waals surface area contributed by atoms with Gasteiger partial charge in [0, 0.05) is 12.4 Å². The van der Waals surface area contributed by atoms with Gasteiger partial charge < -0.3 is 4.74 Å². The molecule has 0 unspecified atom stereocenters. The second-order valence-corrected chi connectivity index (χ2v) is 17.2. The Labute approximate surface area is 356 Å². The molecule has 0 amide bonds. The van der Waals surface area contributed by atoms with E-state index in [-0.39, 0.29) is 5.97 Å². The molecule has 0 fully saturated rings. The zero-order valence-electron chi connectivity index (χ0n) is 37.8.